The Morgan fingerprint density at radius 1 is 1.19 bits per heavy atom. The van der Waals surface area contributed by atoms with Gasteiger partial charge in [0.1, 0.15) is 0 Å². The number of hydrogen-bond acceptors (Lipinski definition) is 8. The zero-order valence-electron chi connectivity index (χ0n) is 24.5. The Morgan fingerprint density at radius 2 is 2.05 bits per heavy atom. The monoisotopic (exact) mass is 578 g/mol. The number of carbonyl (C=O) groups is 1. The van der Waals surface area contributed by atoms with E-state index in [9.17, 15) is 9.90 Å². The molecule has 1 amide bonds. The predicted molar refractivity (Wildman–Crippen MR) is 169 cm³/mol. The van der Waals surface area contributed by atoms with Crippen LogP contribution >= 0.6 is 0 Å². The van der Waals surface area contributed by atoms with Crippen LogP contribution in [0.2, 0.25) is 0 Å². The number of aryl methyl sites for hydroxylation is 1. The molecule has 3 aliphatic rings. The van der Waals surface area contributed by atoms with Crippen molar-refractivity contribution in [2.45, 2.75) is 63.8 Å². The number of piperidine rings is 1. The minimum atomic E-state index is -0.579. The van der Waals surface area contributed by atoms with Gasteiger partial charge in [-0.2, -0.15) is 10.1 Å². The van der Waals surface area contributed by atoms with Crippen LogP contribution in [0.5, 0.6) is 0 Å². The van der Waals surface area contributed by atoms with Gasteiger partial charge >= 0.3 is 0 Å². The van der Waals surface area contributed by atoms with Crippen LogP contribution < -0.4 is 20.9 Å². The molecule has 2 aliphatic carbocycles. The number of anilines is 4. The summed E-state index contributed by atoms with van der Waals surface area (Å²) in [5.74, 6) is 1.15. The van der Waals surface area contributed by atoms with Crippen molar-refractivity contribution in [3.05, 3.63) is 78.1 Å². The maximum atomic E-state index is 13.0. The molecule has 4 N–H and O–H groups in total. The van der Waals surface area contributed by atoms with E-state index in [0.717, 1.165) is 71.2 Å². The minimum absolute atomic E-state index is 0.0763. The molecule has 1 saturated heterocycles. The number of carbonyl (C=O) groups excluding carboxylic acids is 1. The number of hydrogen-bond donors (Lipinski definition) is 4. The predicted octanol–water partition coefficient (Wildman–Crippen LogP) is 4.63. The topological polar surface area (TPSA) is 120 Å². The highest BCUT2D eigenvalue weighted by Crippen LogP contribution is 2.38. The lowest BCUT2D eigenvalue weighted by atomic mass is 9.96. The molecule has 3 atom stereocenters. The zero-order chi connectivity index (χ0) is 29.5. The Labute approximate surface area is 251 Å². The molecular weight excluding hydrogens is 540 g/mol. The van der Waals surface area contributed by atoms with Crippen LogP contribution in [0.25, 0.3) is 10.9 Å². The van der Waals surface area contributed by atoms with E-state index in [2.05, 4.69) is 56.8 Å². The second-order valence-corrected chi connectivity index (χ2v) is 12.1. The van der Waals surface area contributed by atoms with Gasteiger partial charge in [-0.1, -0.05) is 30.3 Å². The standard InChI is InChI=1S/C33H38N8O2/c1-3-12-41-27-16-26(20(2)14-23(27)17-35-41)37-33-34-18-28(40-13-6-8-22(19-40)32(43)36-24-10-11-24)31(39-33)38-30-25-9-5-4-7-21(25)15-29(30)42/h3-5,7,9,14,16-18,22,24,29-30,42H,1,6,8,10-13,15,19H2,2H3,(H,36,43)(H2,34,37,38,39)/t22?,29-,30+/m1/s1. The van der Waals surface area contributed by atoms with E-state index in [1.807, 2.05) is 42.2 Å². The Hall–Kier alpha value is -4.44. The summed E-state index contributed by atoms with van der Waals surface area (Å²) < 4.78 is 1.91. The molecule has 10 heteroatoms. The third-order valence-electron chi connectivity index (χ3n) is 8.86. The smallest absolute Gasteiger partial charge is 0.229 e. The highest BCUT2D eigenvalue weighted by molar-refractivity contribution is 5.85. The molecule has 0 spiro atoms. The molecule has 2 fully saturated rings. The minimum Gasteiger partial charge on any atom is -0.390 e. The SMILES string of the molecule is C=CCn1ncc2cc(C)c(Nc3ncc(N4CCCC(C(=O)NC5CC5)C4)c(N[C@H]4c5ccccc5C[C@H]4O)n3)cc21. The third kappa shape index (κ3) is 5.54. The maximum Gasteiger partial charge on any atom is 0.229 e. The van der Waals surface area contributed by atoms with Crippen LogP contribution in [0.3, 0.4) is 0 Å². The van der Waals surface area contributed by atoms with Gasteiger partial charge in [-0.15, -0.1) is 6.58 Å². The summed E-state index contributed by atoms with van der Waals surface area (Å²) in [4.78, 5) is 24.9. The van der Waals surface area contributed by atoms with Gasteiger partial charge in [0, 0.05) is 36.6 Å². The van der Waals surface area contributed by atoms with Crippen LogP contribution in [0.4, 0.5) is 23.1 Å². The van der Waals surface area contributed by atoms with Gasteiger partial charge < -0.3 is 26.0 Å². The first-order valence-corrected chi connectivity index (χ1v) is 15.3. The lowest BCUT2D eigenvalue weighted by molar-refractivity contribution is -0.125. The molecule has 10 nitrogen and oxygen atoms in total. The van der Waals surface area contributed by atoms with E-state index >= 15 is 0 Å². The number of aromatic nitrogens is 4. The summed E-state index contributed by atoms with van der Waals surface area (Å²) in [6, 6.07) is 12.3. The van der Waals surface area contributed by atoms with Crippen LogP contribution in [-0.4, -0.2) is 56.0 Å². The molecule has 0 radical (unpaired) electrons. The second kappa shape index (κ2) is 11.3. The molecule has 2 aromatic heterocycles. The molecule has 222 valence electrons. The van der Waals surface area contributed by atoms with Crippen LogP contribution in [0.15, 0.2) is 61.4 Å². The summed E-state index contributed by atoms with van der Waals surface area (Å²) in [6.45, 7) is 7.93. The van der Waals surface area contributed by atoms with Gasteiger partial charge in [-0.05, 0) is 61.4 Å². The van der Waals surface area contributed by atoms with E-state index in [-0.39, 0.29) is 17.9 Å². The van der Waals surface area contributed by atoms with Gasteiger partial charge in [0.25, 0.3) is 0 Å². The van der Waals surface area contributed by atoms with E-state index in [1.54, 1.807) is 0 Å². The fraction of sp³-hybridized carbons (Fsp3) is 0.394. The fourth-order valence-corrected chi connectivity index (χ4v) is 6.39. The molecule has 3 heterocycles. The van der Waals surface area contributed by atoms with Crippen molar-refractivity contribution < 1.29 is 9.90 Å². The Morgan fingerprint density at radius 3 is 2.88 bits per heavy atom. The number of aliphatic hydroxyl groups is 1. The summed E-state index contributed by atoms with van der Waals surface area (Å²) >= 11 is 0. The lowest BCUT2D eigenvalue weighted by Gasteiger charge is -2.35. The van der Waals surface area contributed by atoms with Crippen molar-refractivity contribution >= 4 is 40.0 Å². The van der Waals surface area contributed by atoms with E-state index < -0.39 is 6.10 Å². The number of allylic oxidation sites excluding steroid dienone is 1. The fourth-order valence-electron chi connectivity index (χ4n) is 6.39. The highest BCUT2D eigenvalue weighted by atomic mass is 16.3. The van der Waals surface area contributed by atoms with Crippen molar-refractivity contribution in [3.63, 3.8) is 0 Å². The van der Waals surface area contributed by atoms with Crippen molar-refractivity contribution in [1.29, 1.82) is 0 Å². The number of nitrogens with zero attached hydrogens (tertiary/aromatic N) is 5. The summed E-state index contributed by atoms with van der Waals surface area (Å²) in [6.07, 6.45) is 9.47. The number of fused-ring (bicyclic) bond motifs is 2. The van der Waals surface area contributed by atoms with E-state index in [4.69, 9.17) is 9.97 Å². The van der Waals surface area contributed by atoms with E-state index in [1.165, 1.54) is 0 Å². The highest BCUT2D eigenvalue weighted by Gasteiger charge is 2.34. The lowest BCUT2D eigenvalue weighted by Crippen LogP contribution is -2.44. The van der Waals surface area contributed by atoms with Gasteiger partial charge in [-0.3, -0.25) is 9.48 Å². The molecule has 1 saturated carbocycles. The van der Waals surface area contributed by atoms with Gasteiger partial charge in [0.05, 0.1) is 48.2 Å². The summed E-state index contributed by atoms with van der Waals surface area (Å²) in [7, 11) is 0. The Kier molecular flexibility index (Phi) is 7.22. The van der Waals surface area contributed by atoms with Crippen molar-refractivity contribution in [2.24, 2.45) is 5.92 Å². The van der Waals surface area contributed by atoms with Crippen molar-refractivity contribution in [2.75, 3.05) is 28.6 Å². The molecule has 0 bridgehead atoms. The number of amides is 1. The van der Waals surface area contributed by atoms with Crippen LogP contribution in [0, 0.1) is 12.8 Å². The Balaban J connectivity index is 1.21. The second-order valence-electron chi connectivity index (χ2n) is 12.1. The average molecular weight is 579 g/mol. The molecule has 1 unspecified atom stereocenters. The number of aliphatic hydroxyl groups excluding tert-OH is 1. The first-order chi connectivity index (χ1) is 21.0. The van der Waals surface area contributed by atoms with Gasteiger partial charge in [0.15, 0.2) is 5.82 Å². The number of rotatable bonds is 9. The quantitative estimate of drug-likeness (QED) is 0.212. The Bertz CT molecular complexity index is 1680. The molecular formula is C33H38N8O2. The van der Waals surface area contributed by atoms with E-state index in [0.29, 0.717) is 37.3 Å². The van der Waals surface area contributed by atoms with Crippen LogP contribution in [0.1, 0.15) is 48.4 Å². The largest absolute Gasteiger partial charge is 0.390 e. The first-order valence-electron chi connectivity index (χ1n) is 15.3. The zero-order valence-corrected chi connectivity index (χ0v) is 24.5. The molecule has 2 aromatic carbocycles. The molecule has 43 heavy (non-hydrogen) atoms. The van der Waals surface area contributed by atoms with Crippen molar-refractivity contribution in [3.8, 4) is 0 Å². The van der Waals surface area contributed by atoms with Gasteiger partial charge in [-0.25, -0.2) is 4.98 Å². The van der Waals surface area contributed by atoms with Gasteiger partial charge in [0.2, 0.25) is 11.9 Å². The third-order valence-corrected chi connectivity index (χ3v) is 8.86. The number of benzene rings is 2. The number of nitrogens with one attached hydrogen (secondary N) is 3. The summed E-state index contributed by atoms with van der Waals surface area (Å²) in [5.41, 5.74) is 5.98. The van der Waals surface area contributed by atoms with Crippen LogP contribution in [-0.2, 0) is 17.8 Å². The molecule has 7 rings (SSSR count). The normalized spacial score (nSPS) is 21.4. The average Bonchev–Trinajstić information content (AvgIpc) is 3.67. The van der Waals surface area contributed by atoms with Crippen molar-refractivity contribution in [1.82, 2.24) is 25.1 Å². The summed E-state index contributed by atoms with van der Waals surface area (Å²) in [5, 5.41) is 26.8. The first kappa shape index (κ1) is 27.4. The molecule has 1 aliphatic heterocycles. The molecule has 4 aromatic rings. The maximum absolute atomic E-state index is 13.0.